The van der Waals surface area contributed by atoms with Crippen molar-refractivity contribution in [3.05, 3.63) is 0 Å². The van der Waals surface area contributed by atoms with Crippen LogP contribution in [0, 0.1) is 5.92 Å². The summed E-state index contributed by atoms with van der Waals surface area (Å²) in [6, 6.07) is 0.475. The minimum atomic E-state index is 0.475. The molecule has 0 amide bonds. The van der Waals surface area contributed by atoms with Crippen LogP contribution in [0.3, 0.4) is 0 Å². The van der Waals surface area contributed by atoms with Crippen molar-refractivity contribution < 1.29 is 0 Å². The lowest BCUT2D eigenvalue weighted by Crippen LogP contribution is -2.48. The number of nitrogens with one attached hydrogen (secondary N) is 1. The molecule has 0 radical (unpaired) electrons. The Kier molecular flexibility index (Phi) is 4.79. The molecule has 1 heterocycles. The Morgan fingerprint density at radius 2 is 2.17 bits per heavy atom. The molecule has 0 aromatic carbocycles. The molecular weight excluding hydrogens is 188 g/mol. The first-order chi connectivity index (χ1) is 5.75. The summed E-state index contributed by atoms with van der Waals surface area (Å²) in [5.41, 5.74) is 2.94. The molecule has 2 unspecified atom stereocenters. The van der Waals surface area contributed by atoms with E-state index in [9.17, 15) is 0 Å². The van der Waals surface area contributed by atoms with Gasteiger partial charge in [0, 0.05) is 28.6 Å². The molecular formula is C8H18N2S2. The minimum absolute atomic E-state index is 0.475. The summed E-state index contributed by atoms with van der Waals surface area (Å²) in [6.45, 7) is 4.45. The van der Waals surface area contributed by atoms with Gasteiger partial charge in [0.1, 0.15) is 0 Å². The Bertz CT molecular complexity index is 124. The van der Waals surface area contributed by atoms with Crippen LogP contribution < -0.4 is 11.3 Å². The van der Waals surface area contributed by atoms with Gasteiger partial charge in [0.25, 0.3) is 0 Å². The van der Waals surface area contributed by atoms with Gasteiger partial charge in [-0.25, -0.2) is 0 Å². The molecule has 0 saturated carbocycles. The number of rotatable bonds is 3. The van der Waals surface area contributed by atoms with Crippen LogP contribution in [0.5, 0.6) is 0 Å². The van der Waals surface area contributed by atoms with Crippen LogP contribution in [-0.2, 0) is 0 Å². The Balaban J connectivity index is 2.40. The van der Waals surface area contributed by atoms with Gasteiger partial charge in [0.2, 0.25) is 0 Å². The van der Waals surface area contributed by atoms with Crippen LogP contribution in [-0.4, -0.2) is 28.6 Å². The highest BCUT2D eigenvalue weighted by atomic mass is 32.2. The second kappa shape index (κ2) is 5.37. The quantitative estimate of drug-likeness (QED) is 0.539. The van der Waals surface area contributed by atoms with Crippen LogP contribution in [0.2, 0.25) is 0 Å². The van der Waals surface area contributed by atoms with Crippen molar-refractivity contribution in [3.63, 3.8) is 0 Å². The number of hydrogen-bond donors (Lipinski definition) is 2. The van der Waals surface area contributed by atoms with Gasteiger partial charge in [-0.15, -0.1) is 0 Å². The average Bonchev–Trinajstić information content (AvgIpc) is 2.07. The maximum Gasteiger partial charge on any atom is 0.0360 e. The summed E-state index contributed by atoms with van der Waals surface area (Å²) < 4.78 is 0. The smallest absolute Gasteiger partial charge is 0.0360 e. The second-order valence-electron chi connectivity index (χ2n) is 3.42. The third-order valence-corrected chi connectivity index (χ3v) is 5.04. The Morgan fingerprint density at radius 1 is 1.42 bits per heavy atom. The fraction of sp³-hybridized carbons (Fsp3) is 1.00. The molecule has 0 aromatic rings. The van der Waals surface area contributed by atoms with Crippen LogP contribution in [0.15, 0.2) is 0 Å². The maximum atomic E-state index is 5.53. The van der Waals surface area contributed by atoms with E-state index in [2.05, 4.69) is 31.0 Å². The van der Waals surface area contributed by atoms with Gasteiger partial charge in [-0.1, -0.05) is 13.8 Å². The van der Waals surface area contributed by atoms with Crippen LogP contribution in [0.25, 0.3) is 0 Å². The normalized spacial score (nSPS) is 27.5. The highest BCUT2D eigenvalue weighted by Gasteiger charge is 2.25. The average molecular weight is 206 g/mol. The largest absolute Gasteiger partial charge is 0.271 e. The Morgan fingerprint density at radius 3 is 2.58 bits per heavy atom. The molecule has 0 bridgehead atoms. The van der Waals surface area contributed by atoms with E-state index in [1.165, 1.54) is 17.3 Å². The molecule has 2 atom stereocenters. The van der Waals surface area contributed by atoms with Crippen molar-refractivity contribution >= 4 is 23.5 Å². The topological polar surface area (TPSA) is 38.0 Å². The monoisotopic (exact) mass is 206 g/mol. The van der Waals surface area contributed by atoms with E-state index in [0.717, 1.165) is 0 Å². The van der Waals surface area contributed by atoms with Gasteiger partial charge in [0.15, 0.2) is 0 Å². The molecule has 0 aliphatic carbocycles. The predicted octanol–water partition coefficient (Wildman–Crippen LogP) is 1.32. The van der Waals surface area contributed by atoms with E-state index >= 15 is 0 Å². The molecule has 1 aliphatic heterocycles. The molecule has 1 saturated heterocycles. The van der Waals surface area contributed by atoms with E-state index in [-0.39, 0.29) is 0 Å². The van der Waals surface area contributed by atoms with E-state index in [1.807, 2.05) is 11.8 Å². The van der Waals surface area contributed by atoms with Gasteiger partial charge in [-0.05, 0) is 5.92 Å². The number of nitrogens with two attached hydrogens (primary N) is 1. The lowest BCUT2D eigenvalue weighted by molar-refractivity contribution is 0.406. The van der Waals surface area contributed by atoms with E-state index < -0.39 is 0 Å². The van der Waals surface area contributed by atoms with Crippen LogP contribution >= 0.6 is 23.5 Å². The van der Waals surface area contributed by atoms with Crippen LogP contribution in [0.4, 0.5) is 0 Å². The summed E-state index contributed by atoms with van der Waals surface area (Å²) in [4.78, 5) is 0. The van der Waals surface area contributed by atoms with Gasteiger partial charge >= 0.3 is 0 Å². The third kappa shape index (κ3) is 2.83. The van der Waals surface area contributed by atoms with Crippen LogP contribution in [0.1, 0.15) is 13.8 Å². The van der Waals surface area contributed by atoms with Crippen molar-refractivity contribution in [1.82, 2.24) is 5.43 Å². The molecule has 1 rings (SSSR count). The predicted molar refractivity (Wildman–Crippen MR) is 59.5 cm³/mol. The molecule has 2 nitrogen and oxygen atoms in total. The lowest BCUT2D eigenvalue weighted by Gasteiger charge is -2.31. The molecule has 12 heavy (non-hydrogen) atoms. The molecule has 1 aliphatic rings. The van der Waals surface area contributed by atoms with Gasteiger partial charge in [0.05, 0.1) is 0 Å². The zero-order valence-electron chi connectivity index (χ0n) is 7.75. The molecule has 72 valence electrons. The first-order valence-corrected chi connectivity index (χ1v) is 6.61. The van der Waals surface area contributed by atoms with Gasteiger partial charge < -0.3 is 0 Å². The highest BCUT2D eigenvalue weighted by molar-refractivity contribution is 8.06. The summed E-state index contributed by atoms with van der Waals surface area (Å²) in [7, 11) is 0. The van der Waals surface area contributed by atoms with Crippen molar-refractivity contribution in [2.75, 3.05) is 17.3 Å². The molecule has 3 N–H and O–H groups in total. The fourth-order valence-corrected chi connectivity index (χ4v) is 4.48. The highest BCUT2D eigenvalue weighted by Crippen LogP contribution is 2.28. The Hall–Kier alpha value is 0.620. The lowest BCUT2D eigenvalue weighted by atomic mass is 10.0. The SMILES string of the molecule is CC(C)C(NN)C1CSCCS1. The zero-order valence-corrected chi connectivity index (χ0v) is 9.38. The number of hydrazine groups is 1. The molecule has 1 fully saturated rings. The number of thioether (sulfide) groups is 2. The summed E-state index contributed by atoms with van der Waals surface area (Å²) in [5, 5.41) is 0.703. The molecule has 0 aromatic heterocycles. The van der Waals surface area contributed by atoms with E-state index in [4.69, 9.17) is 5.84 Å². The summed E-state index contributed by atoms with van der Waals surface area (Å²) in [5.74, 6) is 9.99. The van der Waals surface area contributed by atoms with E-state index in [1.54, 1.807) is 0 Å². The van der Waals surface area contributed by atoms with Crippen molar-refractivity contribution in [3.8, 4) is 0 Å². The maximum absolute atomic E-state index is 5.53. The molecule has 0 spiro atoms. The number of hydrogen-bond acceptors (Lipinski definition) is 4. The third-order valence-electron chi connectivity index (χ3n) is 2.15. The zero-order chi connectivity index (χ0) is 8.97. The van der Waals surface area contributed by atoms with Crippen molar-refractivity contribution in [2.45, 2.75) is 25.1 Å². The first kappa shape index (κ1) is 10.7. The minimum Gasteiger partial charge on any atom is -0.271 e. The summed E-state index contributed by atoms with van der Waals surface area (Å²) >= 11 is 4.11. The standard InChI is InChI=1S/C8H18N2S2/c1-6(2)8(10-9)7-5-11-3-4-12-7/h6-8,10H,3-5,9H2,1-2H3. The first-order valence-electron chi connectivity index (χ1n) is 4.41. The van der Waals surface area contributed by atoms with Gasteiger partial charge in [-0.3, -0.25) is 11.3 Å². The second-order valence-corrected chi connectivity index (χ2v) is 5.92. The van der Waals surface area contributed by atoms with E-state index in [0.29, 0.717) is 17.2 Å². The fourth-order valence-electron chi connectivity index (χ4n) is 1.44. The summed E-state index contributed by atoms with van der Waals surface area (Å²) in [6.07, 6.45) is 0. The van der Waals surface area contributed by atoms with Crippen molar-refractivity contribution in [1.29, 1.82) is 0 Å². The Labute approximate surface area is 83.4 Å². The van der Waals surface area contributed by atoms with Gasteiger partial charge in [-0.2, -0.15) is 23.5 Å². The van der Waals surface area contributed by atoms with Crippen molar-refractivity contribution in [2.24, 2.45) is 11.8 Å². The molecule has 4 heteroatoms.